The van der Waals surface area contributed by atoms with E-state index in [1.807, 2.05) is 36.9 Å². The Morgan fingerprint density at radius 3 is 2.52 bits per heavy atom. The minimum Gasteiger partial charge on any atom is -0.335 e. The van der Waals surface area contributed by atoms with Crippen molar-refractivity contribution < 1.29 is 4.79 Å². The van der Waals surface area contributed by atoms with Gasteiger partial charge in [-0.05, 0) is 38.6 Å². The lowest BCUT2D eigenvalue weighted by Gasteiger charge is -2.39. The average molecular weight is 309 g/mol. The van der Waals surface area contributed by atoms with Crippen LogP contribution in [-0.2, 0) is 0 Å². The molecule has 0 aliphatic carbocycles. The van der Waals surface area contributed by atoms with Crippen molar-refractivity contribution in [2.45, 2.75) is 19.9 Å². The molecule has 0 N–H and O–H groups in total. The molecule has 1 fully saturated rings. The first-order valence-electron chi connectivity index (χ1n) is 8.05. The molecule has 0 spiro atoms. The Balaban J connectivity index is 1.82. The number of likely N-dealkylation sites (N-methyl/N-ethyl adjacent to an activating group) is 1. The van der Waals surface area contributed by atoms with Gasteiger partial charge >= 0.3 is 0 Å². The maximum atomic E-state index is 12.9. The highest BCUT2D eigenvalue weighted by atomic mass is 16.2. The smallest absolute Gasteiger partial charge is 0.255 e. The van der Waals surface area contributed by atoms with Crippen LogP contribution in [0, 0.1) is 13.8 Å². The van der Waals surface area contributed by atoms with Crippen LogP contribution >= 0.6 is 0 Å². The van der Waals surface area contributed by atoms with Crippen molar-refractivity contribution in [3.63, 3.8) is 0 Å². The molecule has 2 heterocycles. The lowest BCUT2D eigenvalue weighted by molar-refractivity contribution is 0.0545. The van der Waals surface area contributed by atoms with Gasteiger partial charge in [0.1, 0.15) is 0 Å². The van der Waals surface area contributed by atoms with Gasteiger partial charge < -0.3 is 4.90 Å². The van der Waals surface area contributed by atoms with E-state index in [4.69, 9.17) is 0 Å². The molecule has 2 aromatic rings. The van der Waals surface area contributed by atoms with Gasteiger partial charge in [0.05, 0.1) is 17.3 Å². The summed E-state index contributed by atoms with van der Waals surface area (Å²) in [4.78, 5) is 21.6. The Labute approximate surface area is 137 Å². The molecule has 3 rings (SSSR count). The number of hydrogen-bond donors (Lipinski definition) is 0. The topological polar surface area (TPSA) is 36.4 Å². The lowest BCUT2D eigenvalue weighted by atomic mass is 10.0. The summed E-state index contributed by atoms with van der Waals surface area (Å²) >= 11 is 0. The first kappa shape index (κ1) is 15.7. The molecular formula is C19H23N3O. The van der Waals surface area contributed by atoms with Crippen LogP contribution in [0.4, 0.5) is 0 Å². The van der Waals surface area contributed by atoms with Gasteiger partial charge in [0.25, 0.3) is 5.91 Å². The molecule has 1 atom stereocenters. The second-order valence-electron chi connectivity index (χ2n) is 6.24. The number of aryl methyl sites for hydroxylation is 2. The highest BCUT2D eigenvalue weighted by Gasteiger charge is 2.29. The first-order valence-corrected chi connectivity index (χ1v) is 8.05. The SMILES string of the molecule is Cc1ccc(C(=O)N2CCN(C)[C@@H](c3ccccc3)C2)c(C)n1. The zero-order valence-corrected chi connectivity index (χ0v) is 14.0. The number of piperazine rings is 1. The largest absolute Gasteiger partial charge is 0.335 e. The molecule has 1 aliphatic rings. The summed E-state index contributed by atoms with van der Waals surface area (Å²) in [6.45, 7) is 6.20. The van der Waals surface area contributed by atoms with Gasteiger partial charge in [-0.25, -0.2) is 0 Å². The third-order valence-corrected chi connectivity index (χ3v) is 4.58. The number of aromatic nitrogens is 1. The third-order valence-electron chi connectivity index (χ3n) is 4.58. The number of benzene rings is 1. The second-order valence-corrected chi connectivity index (χ2v) is 6.24. The van der Waals surface area contributed by atoms with Crippen LogP contribution in [0.2, 0.25) is 0 Å². The quantitative estimate of drug-likeness (QED) is 0.856. The monoisotopic (exact) mass is 309 g/mol. The number of amides is 1. The number of carbonyl (C=O) groups is 1. The molecule has 4 nitrogen and oxygen atoms in total. The average Bonchev–Trinajstić information content (AvgIpc) is 2.55. The molecular weight excluding hydrogens is 286 g/mol. The van der Waals surface area contributed by atoms with Crippen LogP contribution in [0.25, 0.3) is 0 Å². The molecule has 1 aromatic carbocycles. The van der Waals surface area contributed by atoms with Crippen LogP contribution in [0.1, 0.15) is 33.4 Å². The Bertz CT molecular complexity index is 699. The summed E-state index contributed by atoms with van der Waals surface area (Å²) in [5, 5.41) is 0. The molecule has 0 bridgehead atoms. The fourth-order valence-electron chi connectivity index (χ4n) is 3.18. The van der Waals surface area contributed by atoms with Crippen molar-refractivity contribution in [3.8, 4) is 0 Å². The molecule has 23 heavy (non-hydrogen) atoms. The Morgan fingerprint density at radius 2 is 1.83 bits per heavy atom. The van der Waals surface area contributed by atoms with E-state index in [9.17, 15) is 4.79 Å². The van der Waals surface area contributed by atoms with E-state index in [1.54, 1.807) is 0 Å². The number of rotatable bonds is 2. The Kier molecular flexibility index (Phi) is 4.44. The standard InChI is InChI=1S/C19H23N3O/c1-14-9-10-17(15(2)20-14)19(23)22-12-11-21(3)18(13-22)16-7-5-4-6-8-16/h4-10,18H,11-13H2,1-3H3/t18-/m1/s1. The normalized spacial score (nSPS) is 18.9. The summed E-state index contributed by atoms with van der Waals surface area (Å²) in [6.07, 6.45) is 0. The number of hydrogen-bond acceptors (Lipinski definition) is 3. The van der Waals surface area contributed by atoms with Gasteiger partial charge in [-0.1, -0.05) is 30.3 Å². The third kappa shape index (κ3) is 3.27. The van der Waals surface area contributed by atoms with Crippen LogP contribution in [0.5, 0.6) is 0 Å². The summed E-state index contributed by atoms with van der Waals surface area (Å²) in [7, 11) is 2.12. The molecule has 0 radical (unpaired) electrons. The zero-order chi connectivity index (χ0) is 16.4. The minimum absolute atomic E-state index is 0.0871. The van der Waals surface area contributed by atoms with E-state index in [0.29, 0.717) is 12.1 Å². The van der Waals surface area contributed by atoms with Gasteiger partial charge in [-0.15, -0.1) is 0 Å². The number of nitrogens with zero attached hydrogens (tertiary/aromatic N) is 3. The molecule has 1 saturated heterocycles. The summed E-state index contributed by atoms with van der Waals surface area (Å²) in [5.41, 5.74) is 3.72. The first-order chi connectivity index (χ1) is 11.1. The van der Waals surface area contributed by atoms with Crippen molar-refractivity contribution in [2.24, 2.45) is 0 Å². The van der Waals surface area contributed by atoms with E-state index in [2.05, 4.69) is 41.2 Å². The van der Waals surface area contributed by atoms with Crippen molar-refractivity contribution in [1.82, 2.24) is 14.8 Å². The maximum Gasteiger partial charge on any atom is 0.255 e. The zero-order valence-electron chi connectivity index (χ0n) is 14.0. The van der Waals surface area contributed by atoms with Crippen molar-refractivity contribution >= 4 is 5.91 Å². The van der Waals surface area contributed by atoms with Crippen molar-refractivity contribution in [3.05, 3.63) is 65.0 Å². The molecule has 0 saturated carbocycles. The van der Waals surface area contributed by atoms with Crippen LogP contribution in [-0.4, -0.2) is 47.4 Å². The molecule has 0 unspecified atom stereocenters. The Hall–Kier alpha value is -2.20. The molecule has 120 valence electrons. The van der Waals surface area contributed by atoms with Gasteiger partial charge in [0.2, 0.25) is 0 Å². The summed E-state index contributed by atoms with van der Waals surface area (Å²) in [5.74, 6) is 0.0871. The van der Waals surface area contributed by atoms with Gasteiger partial charge in [0.15, 0.2) is 0 Å². The molecule has 1 amide bonds. The van der Waals surface area contributed by atoms with Crippen LogP contribution in [0.3, 0.4) is 0 Å². The van der Waals surface area contributed by atoms with E-state index in [0.717, 1.165) is 24.5 Å². The molecule has 1 aromatic heterocycles. The van der Waals surface area contributed by atoms with Gasteiger partial charge in [-0.2, -0.15) is 0 Å². The van der Waals surface area contributed by atoms with E-state index < -0.39 is 0 Å². The predicted octanol–water partition coefficient (Wildman–Crippen LogP) is 2.83. The van der Waals surface area contributed by atoms with Gasteiger partial charge in [0, 0.05) is 25.3 Å². The minimum atomic E-state index is 0.0871. The predicted molar refractivity (Wildman–Crippen MR) is 91.4 cm³/mol. The summed E-state index contributed by atoms with van der Waals surface area (Å²) < 4.78 is 0. The maximum absolute atomic E-state index is 12.9. The lowest BCUT2D eigenvalue weighted by Crippen LogP contribution is -2.49. The van der Waals surface area contributed by atoms with E-state index in [-0.39, 0.29) is 11.9 Å². The van der Waals surface area contributed by atoms with Gasteiger partial charge in [-0.3, -0.25) is 14.7 Å². The Morgan fingerprint density at radius 1 is 1.09 bits per heavy atom. The second kappa shape index (κ2) is 6.50. The molecule has 1 aliphatic heterocycles. The van der Waals surface area contributed by atoms with E-state index >= 15 is 0 Å². The fourth-order valence-corrected chi connectivity index (χ4v) is 3.18. The summed E-state index contributed by atoms with van der Waals surface area (Å²) in [6, 6.07) is 14.4. The van der Waals surface area contributed by atoms with Crippen molar-refractivity contribution in [2.75, 3.05) is 26.7 Å². The highest BCUT2D eigenvalue weighted by molar-refractivity contribution is 5.95. The number of carbonyl (C=O) groups excluding carboxylic acids is 1. The van der Waals surface area contributed by atoms with Crippen molar-refractivity contribution in [1.29, 1.82) is 0 Å². The van der Waals surface area contributed by atoms with Crippen LogP contribution < -0.4 is 0 Å². The fraction of sp³-hybridized carbons (Fsp3) is 0.368. The highest BCUT2D eigenvalue weighted by Crippen LogP contribution is 2.25. The number of pyridine rings is 1. The van der Waals surface area contributed by atoms with E-state index in [1.165, 1.54) is 5.56 Å². The molecule has 4 heteroatoms. The van der Waals surface area contributed by atoms with Crippen LogP contribution in [0.15, 0.2) is 42.5 Å².